The molecule has 0 saturated carbocycles. The summed E-state index contributed by atoms with van der Waals surface area (Å²) in [6.07, 6.45) is -0.848. The van der Waals surface area contributed by atoms with E-state index in [-0.39, 0.29) is 5.78 Å². The molecule has 0 spiro atoms. The zero-order valence-electron chi connectivity index (χ0n) is 12.2. The number of esters is 1. The Morgan fingerprint density at radius 3 is 2.32 bits per heavy atom. The van der Waals surface area contributed by atoms with Crippen molar-refractivity contribution in [3.63, 3.8) is 0 Å². The Morgan fingerprint density at radius 2 is 1.73 bits per heavy atom. The number of carbonyl (C=O) groups excluding carboxylic acids is 2. The van der Waals surface area contributed by atoms with E-state index in [2.05, 4.69) is 22.6 Å². The zero-order chi connectivity index (χ0) is 16.1. The fraction of sp³-hybridized carbons (Fsp3) is 0.176. The molecule has 0 bridgehead atoms. The van der Waals surface area contributed by atoms with Gasteiger partial charge in [0.1, 0.15) is 5.75 Å². The fourth-order valence-corrected chi connectivity index (χ4v) is 2.43. The molecule has 0 aromatic heterocycles. The number of halogens is 1. The number of methoxy groups -OCH3 is 1. The van der Waals surface area contributed by atoms with Gasteiger partial charge in [-0.3, -0.25) is 4.79 Å². The molecular formula is C17H15IO4. The molecule has 0 aliphatic rings. The van der Waals surface area contributed by atoms with Crippen LogP contribution in [0.4, 0.5) is 0 Å². The number of ether oxygens (including phenoxy) is 2. The molecule has 114 valence electrons. The Hall–Kier alpha value is -1.89. The van der Waals surface area contributed by atoms with Gasteiger partial charge >= 0.3 is 5.97 Å². The summed E-state index contributed by atoms with van der Waals surface area (Å²) in [4.78, 5) is 24.3. The third-order valence-electron chi connectivity index (χ3n) is 3.09. The summed E-state index contributed by atoms with van der Waals surface area (Å²) in [5.41, 5.74) is 0.907. The first kappa shape index (κ1) is 16.5. The van der Waals surface area contributed by atoms with Crippen molar-refractivity contribution in [3.05, 3.63) is 63.2 Å². The van der Waals surface area contributed by atoms with Gasteiger partial charge in [0.15, 0.2) is 6.10 Å². The molecule has 5 heteroatoms. The summed E-state index contributed by atoms with van der Waals surface area (Å²) in [7, 11) is 1.56. The van der Waals surface area contributed by atoms with E-state index in [0.717, 1.165) is 3.57 Å². The van der Waals surface area contributed by atoms with Crippen LogP contribution < -0.4 is 4.74 Å². The van der Waals surface area contributed by atoms with E-state index in [4.69, 9.17) is 9.47 Å². The van der Waals surface area contributed by atoms with Crippen LogP contribution in [0.1, 0.15) is 27.6 Å². The minimum Gasteiger partial charge on any atom is -0.497 e. The Morgan fingerprint density at radius 1 is 1.05 bits per heavy atom. The standard InChI is InChI=1S/C17H15IO4/c1-11(16(19)12-6-8-15(21-2)9-7-12)22-17(20)13-4-3-5-14(18)10-13/h3-11H,1-2H3/t11-/m1/s1. The average molecular weight is 410 g/mol. The monoisotopic (exact) mass is 410 g/mol. The first-order valence-corrected chi connectivity index (χ1v) is 7.74. The quantitative estimate of drug-likeness (QED) is 0.428. The summed E-state index contributed by atoms with van der Waals surface area (Å²) >= 11 is 2.12. The molecule has 4 nitrogen and oxygen atoms in total. The van der Waals surface area contributed by atoms with Gasteiger partial charge in [0.05, 0.1) is 12.7 Å². The Bertz CT molecular complexity index is 679. The Kier molecular flexibility index (Phi) is 5.54. The maximum absolute atomic E-state index is 12.3. The van der Waals surface area contributed by atoms with Crippen molar-refractivity contribution in [3.8, 4) is 5.75 Å². The molecular weight excluding hydrogens is 395 g/mol. The summed E-state index contributed by atoms with van der Waals surface area (Å²) in [6.45, 7) is 1.57. The predicted octanol–water partition coefficient (Wildman–Crippen LogP) is 3.73. The summed E-state index contributed by atoms with van der Waals surface area (Å²) in [5.74, 6) is -0.0884. The molecule has 1 atom stereocenters. The van der Waals surface area contributed by atoms with Crippen LogP contribution >= 0.6 is 22.6 Å². The van der Waals surface area contributed by atoms with Crippen LogP contribution in [-0.4, -0.2) is 25.0 Å². The highest BCUT2D eigenvalue weighted by Crippen LogP contribution is 2.15. The molecule has 0 aliphatic heterocycles. The first-order chi connectivity index (χ1) is 10.5. The fourth-order valence-electron chi connectivity index (χ4n) is 1.89. The van der Waals surface area contributed by atoms with E-state index in [9.17, 15) is 9.59 Å². The minimum absolute atomic E-state index is 0.248. The van der Waals surface area contributed by atoms with Crippen molar-refractivity contribution >= 4 is 34.3 Å². The number of Topliss-reactive ketones (excluding diaryl/α,β-unsaturated/α-hetero) is 1. The van der Waals surface area contributed by atoms with Crippen LogP contribution in [-0.2, 0) is 4.74 Å². The minimum atomic E-state index is -0.848. The lowest BCUT2D eigenvalue weighted by molar-refractivity contribution is 0.0318. The van der Waals surface area contributed by atoms with E-state index >= 15 is 0 Å². The number of ketones is 1. The third-order valence-corrected chi connectivity index (χ3v) is 3.76. The van der Waals surface area contributed by atoms with Gasteiger partial charge < -0.3 is 9.47 Å². The second kappa shape index (κ2) is 7.40. The highest BCUT2D eigenvalue weighted by atomic mass is 127. The van der Waals surface area contributed by atoms with Gasteiger partial charge in [0.2, 0.25) is 5.78 Å². The molecule has 2 aromatic rings. The maximum atomic E-state index is 12.3. The highest BCUT2D eigenvalue weighted by Gasteiger charge is 2.20. The molecule has 0 fully saturated rings. The van der Waals surface area contributed by atoms with Crippen LogP contribution in [0.3, 0.4) is 0 Å². The zero-order valence-corrected chi connectivity index (χ0v) is 14.4. The number of rotatable bonds is 5. The molecule has 0 aliphatic carbocycles. The topological polar surface area (TPSA) is 52.6 Å². The molecule has 0 amide bonds. The van der Waals surface area contributed by atoms with Gasteiger partial charge in [0.25, 0.3) is 0 Å². The van der Waals surface area contributed by atoms with Crippen LogP contribution in [0.15, 0.2) is 48.5 Å². The smallest absolute Gasteiger partial charge is 0.338 e. The average Bonchev–Trinajstić information content (AvgIpc) is 2.54. The molecule has 0 radical (unpaired) electrons. The van der Waals surface area contributed by atoms with Gasteiger partial charge in [-0.05, 0) is 72.0 Å². The lowest BCUT2D eigenvalue weighted by Crippen LogP contribution is -2.24. The highest BCUT2D eigenvalue weighted by molar-refractivity contribution is 14.1. The van der Waals surface area contributed by atoms with Crippen molar-refractivity contribution in [2.24, 2.45) is 0 Å². The second-order valence-corrected chi connectivity index (χ2v) is 5.90. The summed E-state index contributed by atoms with van der Waals surface area (Å²) in [6, 6.07) is 13.7. The van der Waals surface area contributed by atoms with Crippen LogP contribution in [0.25, 0.3) is 0 Å². The number of benzene rings is 2. The lowest BCUT2D eigenvalue weighted by Gasteiger charge is -2.12. The van der Waals surface area contributed by atoms with E-state index < -0.39 is 12.1 Å². The predicted molar refractivity (Wildman–Crippen MR) is 91.4 cm³/mol. The lowest BCUT2D eigenvalue weighted by atomic mass is 10.1. The van der Waals surface area contributed by atoms with E-state index in [1.165, 1.54) is 0 Å². The van der Waals surface area contributed by atoms with Crippen LogP contribution in [0, 0.1) is 3.57 Å². The molecule has 0 unspecified atom stereocenters. The van der Waals surface area contributed by atoms with Gasteiger partial charge in [0, 0.05) is 9.13 Å². The maximum Gasteiger partial charge on any atom is 0.338 e. The molecule has 22 heavy (non-hydrogen) atoms. The first-order valence-electron chi connectivity index (χ1n) is 6.66. The van der Waals surface area contributed by atoms with Crippen LogP contribution in [0.5, 0.6) is 5.75 Å². The number of carbonyl (C=O) groups is 2. The van der Waals surface area contributed by atoms with Crippen molar-refractivity contribution < 1.29 is 19.1 Å². The van der Waals surface area contributed by atoms with Gasteiger partial charge in [-0.25, -0.2) is 4.79 Å². The van der Waals surface area contributed by atoms with Crippen molar-refractivity contribution in [1.29, 1.82) is 0 Å². The summed E-state index contributed by atoms with van der Waals surface area (Å²) < 4.78 is 11.2. The van der Waals surface area contributed by atoms with Gasteiger partial charge in [-0.15, -0.1) is 0 Å². The number of hydrogen-bond acceptors (Lipinski definition) is 4. The van der Waals surface area contributed by atoms with E-state index in [1.54, 1.807) is 56.5 Å². The Balaban J connectivity index is 2.05. The molecule has 2 aromatic carbocycles. The van der Waals surface area contributed by atoms with Crippen molar-refractivity contribution in [2.45, 2.75) is 13.0 Å². The molecule has 2 rings (SSSR count). The van der Waals surface area contributed by atoms with Crippen LogP contribution in [0.2, 0.25) is 0 Å². The van der Waals surface area contributed by atoms with Crippen molar-refractivity contribution in [2.75, 3.05) is 7.11 Å². The van der Waals surface area contributed by atoms with E-state index in [0.29, 0.717) is 16.9 Å². The van der Waals surface area contributed by atoms with Gasteiger partial charge in [-0.1, -0.05) is 6.07 Å². The third kappa shape index (κ3) is 4.07. The van der Waals surface area contributed by atoms with Crippen molar-refractivity contribution in [1.82, 2.24) is 0 Å². The normalized spacial score (nSPS) is 11.6. The largest absolute Gasteiger partial charge is 0.497 e. The SMILES string of the molecule is COc1ccc(C(=O)[C@@H](C)OC(=O)c2cccc(I)c2)cc1. The number of hydrogen-bond donors (Lipinski definition) is 0. The molecule has 0 N–H and O–H groups in total. The Labute approximate surface area is 142 Å². The molecule has 0 heterocycles. The van der Waals surface area contributed by atoms with E-state index in [1.807, 2.05) is 6.07 Å². The van der Waals surface area contributed by atoms with Gasteiger partial charge in [-0.2, -0.15) is 0 Å². The molecule has 0 saturated heterocycles. The second-order valence-electron chi connectivity index (χ2n) is 4.65. The summed E-state index contributed by atoms with van der Waals surface area (Å²) in [5, 5.41) is 0.